The van der Waals surface area contributed by atoms with E-state index in [0.29, 0.717) is 0 Å². The number of rotatable bonds is 6. The summed E-state index contributed by atoms with van der Waals surface area (Å²) in [5, 5.41) is 0. The quantitative estimate of drug-likeness (QED) is 0.311. The molecule has 0 atom stereocenters. The molecule has 0 unspecified atom stereocenters. The molecule has 0 saturated heterocycles. The molecular formula is C23H35I. The van der Waals surface area contributed by atoms with E-state index in [1.165, 1.54) is 87.0 Å². The summed E-state index contributed by atoms with van der Waals surface area (Å²) in [6, 6.07) is 9.33. The fraction of sp³-hybridized carbons (Fsp3) is 0.739. The van der Waals surface area contributed by atoms with Crippen LogP contribution in [0.25, 0.3) is 0 Å². The molecule has 0 bridgehead atoms. The second-order valence-corrected chi connectivity index (χ2v) is 9.73. The van der Waals surface area contributed by atoms with Gasteiger partial charge in [0.15, 0.2) is 0 Å². The number of hydrogen-bond donors (Lipinski definition) is 0. The zero-order valence-electron chi connectivity index (χ0n) is 15.5. The summed E-state index contributed by atoms with van der Waals surface area (Å²) < 4.78 is 1.36. The average molecular weight is 438 g/mol. The molecule has 0 spiro atoms. The third kappa shape index (κ3) is 4.56. The van der Waals surface area contributed by atoms with Gasteiger partial charge in [0, 0.05) is 3.57 Å². The van der Waals surface area contributed by atoms with E-state index in [0.717, 1.165) is 17.3 Å². The van der Waals surface area contributed by atoms with Gasteiger partial charge in [0.05, 0.1) is 0 Å². The first-order valence-electron chi connectivity index (χ1n) is 10.5. The van der Waals surface area contributed by atoms with Gasteiger partial charge in [-0.05, 0) is 102 Å². The van der Waals surface area contributed by atoms with Gasteiger partial charge in [0.1, 0.15) is 0 Å². The van der Waals surface area contributed by atoms with Crippen molar-refractivity contribution in [1.82, 2.24) is 0 Å². The Kier molecular flexibility index (Phi) is 7.07. The largest absolute Gasteiger partial charge is 0.0654 e. The first-order valence-corrected chi connectivity index (χ1v) is 11.6. The fourth-order valence-corrected chi connectivity index (χ4v) is 5.98. The number of benzene rings is 1. The summed E-state index contributed by atoms with van der Waals surface area (Å²) in [6.45, 7) is 2.35. The molecule has 1 aromatic rings. The molecule has 0 aliphatic heterocycles. The number of hydrogen-bond acceptors (Lipinski definition) is 0. The molecule has 0 radical (unpaired) electrons. The highest BCUT2D eigenvalue weighted by Gasteiger charge is 2.40. The molecule has 2 saturated carbocycles. The van der Waals surface area contributed by atoms with Crippen molar-refractivity contribution in [2.45, 2.75) is 96.3 Å². The SMILES string of the molecule is CCCCCC1([C@H]2CC[C@H](c3ccc(I)cc3)CC2)CCCCC1. The van der Waals surface area contributed by atoms with Crippen LogP contribution in [0, 0.1) is 14.9 Å². The van der Waals surface area contributed by atoms with Gasteiger partial charge in [0.25, 0.3) is 0 Å². The minimum absolute atomic E-state index is 0.727. The van der Waals surface area contributed by atoms with Gasteiger partial charge in [-0.2, -0.15) is 0 Å². The molecule has 2 aliphatic rings. The van der Waals surface area contributed by atoms with E-state index in [1.807, 2.05) is 0 Å². The molecule has 2 fully saturated rings. The van der Waals surface area contributed by atoms with Gasteiger partial charge in [-0.3, -0.25) is 0 Å². The van der Waals surface area contributed by atoms with Crippen molar-refractivity contribution in [3.63, 3.8) is 0 Å². The Morgan fingerprint density at radius 2 is 1.58 bits per heavy atom. The molecule has 134 valence electrons. The molecule has 3 rings (SSSR count). The Labute approximate surface area is 163 Å². The van der Waals surface area contributed by atoms with Crippen molar-refractivity contribution in [2.24, 2.45) is 11.3 Å². The smallest absolute Gasteiger partial charge is 0.0130 e. The summed E-state index contributed by atoms with van der Waals surface area (Å²) in [5.74, 6) is 1.85. The Bertz CT molecular complexity index is 475. The van der Waals surface area contributed by atoms with Gasteiger partial charge in [-0.1, -0.05) is 57.6 Å². The van der Waals surface area contributed by atoms with E-state index >= 15 is 0 Å². The maximum atomic E-state index is 2.42. The molecule has 1 aromatic carbocycles. The molecular weight excluding hydrogens is 403 g/mol. The summed E-state index contributed by atoms with van der Waals surface area (Å²) in [7, 11) is 0. The second kappa shape index (κ2) is 9.05. The Morgan fingerprint density at radius 3 is 2.21 bits per heavy atom. The first-order chi connectivity index (χ1) is 11.7. The van der Waals surface area contributed by atoms with Crippen LogP contribution in [0.3, 0.4) is 0 Å². The average Bonchev–Trinajstić information content (AvgIpc) is 2.64. The monoisotopic (exact) mass is 438 g/mol. The summed E-state index contributed by atoms with van der Waals surface area (Å²) in [6.07, 6.45) is 19.2. The van der Waals surface area contributed by atoms with E-state index in [1.54, 1.807) is 5.56 Å². The molecule has 0 heterocycles. The Hall–Kier alpha value is -0.0500. The number of unbranched alkanes of at least 4 members (excludes halogenated alkanes) is 2. The van der Waals surface area contributed by atoms with E-state index < -0.39 is 0 Å². The van der Waals surface area contributed by atoms with Crippen LogP contribution in [0.15, 0.2) is 24.3 Å². The van der Waals surface area contributed by atoms with Crippen LogP contribution in [-0.4, -0.2) is 0 Å². The third-order valence-corrected chi connectivity index (χ3v) is 7.78. The Balaban J connectivity index is 1.61. The molecule has 2 aliphatic carbocycles. The van der Waals surface area contributed by atoms with Crippen LogP contribution in [-0.2, 0) is 0 Å². The number of halogens is 1. The van der Waals surface area contributed by atoms with Crippen molar-refractivity contribution < 1.29 is 0 Å². The topological polar surface area (TPSA) is 0 Å². The highest BCUT2D eigenvalue weighted by atomic mass is 127. The van der Waals surface area contributed by atoms with Crippen molar-refractivity contribution in [3.8, 4) is 0 Å². The van der Waals surface area contributed by atoms with Crippen LogP contribution in [0.1, 0.15) is 102 Å². The predicted octanol–water partition coefficient (Wildman–Crippen LogP) is 8.10. The van der Waals surface area contributed by atoms with Gasteiger partial charge in [-0.15, -0.1) is 0 Å². The molecule has 0 amide bonds. The molecule has 24 heavy (non-hydrogen) atoms. The van der Waals surface area contributed by atoms with Crippen LogP contribution in [0.5, 0.6) is 0 Å². The maximum Gasteiger partial charge on any atom is 0.0130 e. The van der Waals surface area contributed by atoms with Gasteiger partial charge in [-0.25, -0.2) is 0 Å². The van der Waals surface area contributed by atoms with Crippen molar-refractivity contribution >= 4 is 22.6 Å². The lowest BCUT2D eigenvalue weighted by molar-refractivity contribution is 0.0507. The molecule has 0 N–H and O–H groups in total. The van der Waals surface area contributed by atoms with Gasteiger partial charge < -0.3 is 0 Å². The molecule has 0 aromatic heterocycles. The molecule has 1 heteroatoms. The van der Waals surface area contributed by atoms with Crippen molar-refractivity contribution in [1.29, 1.82) is 0 Å². The van der Waals surface area contributed by atoms with Gasteiger partial charge >= 0.3 is 0 Å². The molecule has 0 nitrogen and oxygen atoms in total. The van der Waals surface area contributed by atoms with Crippen LogP contribution in [0.2, 0.25) is 0 Å². The zero-order chi connectivity index (χ0) is 16.8. The highest BCUT2D eigenvalue weighted by Crippen LogP contribution is 2.53. The lowest BCUT2D eigenvalue weighted by atomic mass is 9.58. The van der Waals surface area contributed by atoms with Crippen molar-refractivity contribution in [3.05, 3.63) is 33.4 Å². The second-order valence-electron chi connectivity index (χ2n) is 8.48. The lowest BCUT2D eigenvalue weighted by Gasteiger charge is -2.47. The zero-order valence-corrected chi connectivity index (χ0v) is 17.7. The lowest BCUT2D eigenvalue weighted by Crippen LogP contribution is -2.35. The van der Waals surface area contributed by atoms with Crippen LogP contribution < -0.4 is 0 Å². The summed E-state index contributed by atoms with van der Waals surface area (Å²) >= 11 is 2.42. The fourth-order valence-electron chi connectivity index (χ4n) is 5.62. The predicted molar refractivity (Wildman–Crippen MR) is 114 cm³/mol. The Morgan fingerprint density at radius 1 is 0.917 bits per heavy atom. The minimum atomic E-state index is 0.727. The third-order valence-electron chi connectivity index (χ3n) is 7.06. The normalized spacial score (nSPS) is 27.1. The van der Waals surface area contributed by atoms with E-state index in [9.17, 15) is 0 Å². The van der Waals surface area contributed by atoms with Crippen LogP contribution in [0.4, 0.5) is 0 Å². The van der Waals surface area contributed by atoms with E-state index in [-0.39, 0.29) is 0 Å². The van der Waals surface area contributed by atoms with Crippen molar-refractivity contribution in [2.75, 3.05) is 0 Å². The van der Waals surface area contributed by atoms with E-state index in [4.69, 9.17) is 0 Å². The maximum absolute atomic E-state index is 2.42. The van der Waals surface area contributed by atoms with E-state index in [2.05, 4.69) is 53.8 Å². The summed E-state index contributed by atoms with van der Waals surface area (Å²) in [4.78, 5) is 0. The van der Waals surface area contributed by atoms with Gasteiger partial charge in [0.2, 0.25) is 0 Å². The first kappa shape index (κ1) is 18.7. The highest BCUT2D eigenvalue weighted by molar-refractivity contribution is 14.1. The summed E-state index contributed by atoms with van der Waals surface area (Å²) in [5.41, 5.74) is 2.32. The van der Waals surface area contributed by atoms with Crippen LogP contribution >= 0.6 is 22.6 Å². The standard InChI is InChI=1S/C23H35I/c1-2-3-5-16-23(17-6-4-7-18-23)21-12-8-19(9-13-21)20-10-14-22(24)15-11-20/h10-11,14-15,19,21H,2-9,12-13,16-18H2,1H3/t19-,21-. The minimum Gasteiger partial charge on any atom is -0.0654 e.